The lowest BCUT2D eigenvalue weighted by atomic mass is 10.2. The van der Waals surface area contributed by atoms with Crippen molar-refractivity contribution in [2.75, 3.05) is 6.26 Å². The summed E-state index contributed by atoms with van der Waals surface area (Å²) in [5, 5.41) is 12.3. The summed E-state index contributed by atoms with van der Waals surface area (Å²) in [5.41, 5.74) is 0. The Kier molecular flexibility index (Phi) is 3.64. The molecule has 84 valence electrons. The Bertz CT molecular complexity index is 312. The molecular weight excluding hydrogens is 208 g/mol. The van der Waals surface area contributed by atoms with E-state index in [9.17, 15) is 0 Å². The fourth-order valence-electron chi connectivity index (χ4n) is 2.04. The first-order chi connectivity index (χ1) is 7.29. The van der Waals surface area contributed by atoms with Crippen LogP contribution in [0.25, 0.3) is 0 Å². The zero-order chi connectivity index (χ0) is 10.7. The molecule has 0 saturated heterocycles. The maximum atomic E-state index is 4.06. The van der Waals surface area contributed by atoms with Gasteiger partial charge in [0.25, 0.3) is 0 Å². The van der Waals surface area contributed by atoms with Gasteiger partial charge in [-0.2, -0.15) is 11.8 Å². The van der Waals surface area contributed by atoms with Crippen LogP contribution in [-0.4, -0.2) is 32.3 Å². The molecule has 0 radical (unpaired) electrons. The number of aryl methyl sites for hydroxylation is 1. The van der Waals surface area contributed by atoms with E-state index in [4.69, 9.17) is 0 Å². The van der Waals surface area contributed by atoms with Crippen molar-refractivity contribution >= 4 is 11.8 Å². The summed E-state index contributed by atoms with van der Waals surface area (Å²) >= 11 is 1.99. The number of nitrogens with zero attached hydrogens (tertiary/aromatic N) is 3. The van der Waals surface area contributed by atoms with E-state index in [1.165, 1.54) is 19.3 Å². The fourth-order valence-corrected chi connectivity index (χ4v) is 2.84. The third-order valence-electron chi connectivity index (χ3n) is 3.07. The van der Waals surface area contributed by atoms with Gasteiger partial charge in [-0.15, -0.1) is 10.2 Å². The maximum Gasteiger partial charge on any atom is 0.146 e. The highest BCUT2D eigenvalue weighted by atomic mass is 32.2. The topological polar surface area (TPSA) is 42.7 Å². The van der Waals surface area contributed by atoms with Gasteiger partial charge in [0.15, 0.2) is 0 Å². The summed E-state index contributed by atoms with van der Waals surface area (Å²) in [7, 11) is 1.98. The summed E-state index contributed by atoms with van der Waals surface area (Å²) in [5.74, 6) is 1.02. The molecule has 1 N–H and O–H groups in total. The van der Waals surface area contributed by atoms with Crippen LogP contribution in [0, 0.1) is 0 Å². The Hall–Kier alpha value is -0.550. The highest BCUT2D eigenvalue weighted by molar-refractivity contribution is 7.99. The number of nitrogens with one attached hydrogen (secondary N) is 1. The van der Waals surface area contributed by atoms with Crippen molar-refractivity contribution in [3.05, 3.63) is 12.2 Å². The molecule has 0 aromatic carbocycles. The van der Waals surface area contributed by atoms with Crippen molar-refractivity contribution in [3.63, 3.8) is 0 Å². The van der Waals surface area contributed by atoms with Crippen LogP contribution in [0.1, 0.15) is 25.1 Å². The van der Waals surface area contributed by atoms with Gasteiger partial charge < -0.3 is 9.88 Å². The monoisotopic (exact) mass is 226 g/mol. The molecule has 1 heterocycles. The quantitative estimate of drug-likeness (QED) is 0.837. The van der Waals surface area contributed by atoms with Crippen LogP contribution in [0.15, 0.2) is 6.33 Å². The average Bonchev–Trinajstić information content (AvgIpc) is 2.84. The second-order valence-corrected chi connectivity index (χ2v) is 5.24. The van der Waals surface area contributed by atoms with Gasteiger partial charge >= 0.3 is 0 Å². The molecular formula is C10H18N4S. The van der Waals surface area contributed by atoms with Gasteiger partial charge in [0.1, 0.15) is 12.2 Å². The number of rotatable bonds is 4. The van der Waals surface area contributed by atoms with Gasteiger partial charge in [0.2, 0.25) is 0 Å². The molecule has 15 heavy (non-hydrogen) atoms. The molecule has 0 aliphatic heterocycles. The second-order valence-electron chi connectivity index (χ2n) is 4.11. The van der Waals surface area contributed by atoms with Crippen molar-refractivity contribution in [2.45, 2.75) is 37.1 Å². The highest BCUT2D eigenvalue weighted by Gasteiger charge is 2.23. The second kappa shape index (κ2) is 4.99. The Labute approximate surface area is 94.8 Å². The molecule has 0 spiro atoms. The van der Waals surface area contributed by atoms with Crippen molar-refractivity contribution in [2.24, 2.45) is 7.05 Å². The van der Waals surface area contributed by atoms with Gasteiger partial charge in [0, 0.05) is 18.3 Å². The lowest BCUT2D eigenvalue weighted by Crippen LogP contribution is -2.27. The average molecular weight is 226 g/mol. The zero-order valence-electron chi connectivity index (χ0n) is 9.31. The lowest BCUT2D eigenvalue weighted by molar-refractivity contribution is 0.507. The van der Waals surface area contributed by atoms with Crippen molar-refractivity contribution in [3.8, 4) is 0 Å². The molecule has 1 aliphatic carbocycles. The summed E-state index contributed by atoms with van der Waals surface area (Å²) in [4.78, 5) is 0. The standard InChI is InChI=1S/C10H18N4S/c1-14-7-12-13-10(14)6-11-8-3-4-9(5-8)15-2/h7-9,11H,3-6H2,1-2H3. The van der Waals surface area contributed by atoms with E-state index in [2.05, 4.69) is 21.8 Å². The Balaban J connectivity index is 1.77. The predicted octanol–water partition coefficient (Wildman–Crippen LogP) is 1.19. The van der Waals surface area contributed by atoms with Gasteiger partial charge in [-0.3, -0.25) is 0 Å². The third kappa shape index (κ3) is 2.72. The fraction of sp³-hybridized carbons (Fsp3) is 0.800. The van der Waals surface area contributed by atoms with Gasteiger partial charge in [-0.1, -0.05) is 0 Å². The molecule has 1 fully saturated rings. The molecule has 1 saturated carbocycles. The first-order valence-electron chi connectivity index (χ1n) is 5.38. The van der Waals surface area contributed by atoms with Gasteiger partial charge in [-0.05, 0) is 25.5 Å². The molecule has 1 aromatic rings. The summed E-state index contributed by atoms with van der Waals surface area (Å²) in [6, 6.07) is 0.666. The van der Waals surface area contributed by atoms with E-state index in [1.807, 2.05) is 23.4 Å². The van der Waals surface area contributed by atoms with Crippen molar-refractivity contribution < 1.29 is 0 Å². The Morgan fingerprint density at radius 1 is 1.60 bits per heavy atom. The number of thioether (sulfide) groups is 1. The van der Waals surface area contributed by atoms with Crippen molar-refractivity contribution in [1.82, 2.24) is 20.1 Å². The lowest BCUT2D eigenvalue weighted by Gasteiger charge is -2.11. The first-order valence-corrected chi connectivity index (χ1v) is 6.67. The minimum Gasteiger partial charge on any atom is -0.320 e. The third-order valence-corrected chi connectivity index (χ3v) is 4.17. The van der Waals surface area contributed by atoms with E-state index in [0.29, 0.717) is 6.04 Å². The summed E-state index contributed by atoms with van der Waals surface area (Å²) in [6.07, 6.45) is 7.88. The number of hydrogen-bond donors (Lipinski definition) is 1. The maximum absolute atomic E-state index is 4.06. The molecule has 4 nitrogen and oxygen atoms in total. The van der Waals surface area contributed by atoms with Gasteiger partial charge in [0.05, 0.1) is 6.54 Å². The largest absolute Gasteiger partial charge is 0.320 e. The SMILES string of the molecule is CSC1CCC(NCc2nncn2C)C1. The van der Waals surface area contributed by atoms with Crippen molar-refractivity contribution in [1.29, 1.82) is 0 Å². The van der Waals surface area contributed by atoms with Gasteiger partial charge in [-0.25, -0.2) is 0 Å². The van der Waals surface area contributed by atoms with Crippen LogP contribution in [-0.2, 0) is 13.6 Å². The van der Waals surface area contributed by atoms with Crippen LogP contribution >= 0.6 is 11.8 Å². The summed E-state index contributed by atoms with van der Waals surface area (Å²) in [6.45, 7) is 0.836. The Morgan fingerprint density at radius 2 is 2.47 bits per heavy atom. The minimum atomic E-state index is 0.666. The highest BCUT2D eigenvalue weighted by Crippen LogP contribution is 2.28. The molecule has 2 rings (SSSR count). The predicted molar refractivity (Wildman–Crippen MR) is 62.8 cm³/mol. The molecule has 0 amide bonds. The van der Waals surface area contributed by atoms with Crippen LogP contribution < -0.4 is 5.32 Å². The number of aromatic nitrogens is 3. The van der Waals surface area contributed by atoms with E-state index in [0.717, 1.165) is 17.6 Å². The smallest absolute Gasteiger partial charge is 0.146 e. The van der Waals surface area contributed by atoms with E-state index in [1.54, 1.807) is 6.33 Å². The summed E-state index contributed by atoms with van der Waals surface area (Å²) < 4.78 is 1.97. The van der Waals surface area contributed by atoms with E-state index in [-0.39, 0.29) is 0 Å². The van der Waals surface area contributed by atoms with E-state index < -0.39 is 0 Å². The van der Waals surface area contributed by atoms with Crippen LogP contribution in [0.2, 0.25) is 0 Å². The molecule has 2 unspecified atom stereocenters. The molecule has 1 aromatic heterocycles. The van der Waals surface area contributed by atoms with Crippen LogP contribution in [0.5, 0.6) is 0 Å². The molecule has 0 bridgehead atoms. The molecule has 5 heteroatoms. The molecule has 1 aliphatic rings. The van der Waals surface area contributed by atoms with Crippen LogP contribution in [0.4, 0.5) is 0 Å². The Morgan fingerprint density at radius 3 is 3.07 bits per heavy atom. The van der Waals surface area contributed by atoms with Crippen LogP contribution in [0.3, 0.4) is 0 Å². The normalized spacial score (nSPS) is 26.0. The number of hydrogen-bond acceptors (Lipinski definition) is 4. The first kappa shape index (κ1) is 11.0. The zero-order valence-corrected chi connectivity index (χ0v) is 10.1. The van der Waals surface area contributed by atoms with E-state index >= 15 is 0 Å². The minimum absolute atomic E-state index is 0.666. The molecule has 2 atom stereocenters.